The summed E-state index contributed by atoms with van der Waals surface area (Å²) in [6.45, 7) is 8.65. The molecule has 0 N–H and O–H groups in total. The Morgan fingerprint density at radius 2 is 1.92 bits per heavy atom. The van der Waals surface area contributed by atoms with Crippen LogP contribution in [-0.2, 0) is 9.53 Å². The highest BCUT2D eigenvalue weighted by atomic mass is 16.5. The highest BCUT2D eigenvalue weighted by molar-refractivity contribution is 5.77. The fourth-order valence-corrected chi connectivity index (χ4v) is 0.824. The Kier molecular flexibility index (Phi) is 5.14. The Bertz CT molecular complexity index is 133. The van der Waals surface area contributed by atoms with Crippen LogP contribution in [0, 0.1) is 0 Å². The van der Waals surface area contributed by atoms with Crippen LogP contribution >= 0.6 is 0 Å². The van der Waals surface area contributed by atoms with E-state index >= 15 is 0 Å². The van der Waals surface area contributed by atoms with Crippen LogP contribution in [0.5, 0.6) is 0 Å². The Labute approximate surface area is 75.3 Å². The van der Waals surface area contributed by atoms with Gasteiger partial charge in [0.2, 0.25) is 0 Å². The molecule has 0 aromatic rings. The van der Waals surface area contributed by atoms with Gasteiger partial charge in [-0.1, -0.05) is 6.92 Å². The molecular formula is C10H20O2. The third kappa shape index (κ3) is 7.73. The molecule has 0 amide bonds. The minimum absolute atomic E-state index is 0.0741. The zero-order chi connectivity index (χ0) is 9.61. The molecule has 0 atom stereocenters. The molecule has 72 valence electrons. The van der Waals surface area contributed by atoms with Crippen LogP contribution in [0.4, 0.5) is 0 Å². The van der Waals surface area contributed by atoms with E-state index in [4.69, 9.17) is 4.74 Å². The summed E-state index contributed by atoms with van der Waals surface area (Å²) in [6, 6.07) is 0. The van der Waals surface area contributed by atoms with Gasteiger partial charge in [0.05, 0.1) is 5.60 Å². The second kappa shape index (κ2) is 5.31. The fraction of sp³-hybridized carbons (Fsp3) is 0.900. The van der Waals surface area contributed by atoms with E-state index in [-0.39, 0.29) is 5.60 Å². The van der Waals surface area contributed by atoms with Crippen LogP contribution in [0.15, 0.2) is 0 Å². The molecular weight excluding hydrogens is 152 g/mol. The van der Waals surface area contributed by atoms with Gasteiger partial charge in [0.1, 0.15) is 5.78 Å². The van der Waals surface area contributed by atoms with Gasteiger partial charge in [0.15, 0.2) is 0 Å². The van der Waals surface area contributed by atoms with Gasteiger partial charge in [-0.25, -0.2) is 0 Å². The van der Waals surface area contributed by atoms with Gasteiger partial charge in [-0.05, 0) is 27.2 Å². The number of hydrogen-bond donors (Lipinski definition) is 0. The van der Waals surface area contributed by atoms with Crippen LogP contribution in [0.25, 0.3) is 0 Å². The van der Waals surface area contributed by atoms with Crippen molar-refractivity contribution in [2.45, 2.75) is 52.6 Å². The zero-order valence-electron chi connectivity index (χ0n) is 8.64. The summed E-state index contributed by atoms with van der Waals surface area (Å²) in [6.07, 6.45) is 2.16. The molecule has 0 aliphatic carbocycles. The van der Waals surface area contributed by atoms with Crippen molar-refractivity contribution in [1.82, 2.24) is 0 Å². The summed E-state index contributed by atoms with van der Waals surface area (Å²) < 4.78 is 5.47. The van der Waals surface area contributed by atoms with E-state index in [1.165, 1.54) is 0 Å². The van der Waals surface area contributed by atoms with Crippen molar-refractivity contribution < 1.29 is 9.53 Å². The number of hydrogen-bond acceptors (Lipinski definition) is 2. The molecule has 0 fully saturated rings. The lowest BCUT2D eigenvalue weighted by Gasteiger charge is -2.19. The first-order chi connectivity index (χ1) is 5.45. The van der Waals surface area contributed by atoms with Crippen molar-refractivity contribution in [2.24, 2.45) is 0 Å². The van der Waals surface area contributed by atoms with Crippen molar-refractivity contribution in [3.8, 4) is 0 Å². The largest absolute Gasteiger partial charge is 0.376 e. The molecule has 2 nitrogen and oxygen atoms in total. The predicted molar refractivity (Wildman–Crippen MR) is 50.2 cm³/mol. The topological polar surface area (TPSA) is 26.3 Å². The van der Waals surface area contributed by atoms with Crippen molar-refractivity contribution in [3.63, 3.8) is 0 Å². The molecule has 0 heterocycles. The number of carbonyl (C=O) groups is 1. The predicted octanol–water partition coefficient (Wildman–Crippen LogP) is 2.56. The van der Waals surface area contributed by atoms with Gasteiger partial charge in [-0.2, -0.15) is 0 Å². The second-order valence-corrected chi connectivity index (χ2v) is 3.96. The van der Waals surface area contributed by atoms with Gasteiger partial charge in [0, 0.05) is 19.4 Å². The number of Topliss-reactive ketones (excluding diaryl/α,β-unsaturated/α-hetero) is 1. The van der Waals surface area contributed by atoms with Crippen LogP contribution < -0.4 is 0 Å². The van der Waals surface area contributed by atoms with E-state index in [1.807, 2.05) is 27.7 Å². The smallest absolute Gasteiger partial charge is 0.132 e. The summed E-state index contributed by atoms with van der Waals surface area (Å²) in [4.78, 5) is 10.9. The average molecular weight is 172 g/mol. The standard InChI is InChI=1S/C10H20O2/c1-5-9(11)7-6-8-12-10(2,3)4/h5-8H2,1-4H3. The maximum atomic E-state index is 10.9. The Hall–Kier alpha value is -0.370. The molecule has 0 aliphatic heterocycles. The SMILES string of the molecule is CCC(=O)CCCOC(C)(C)C. The molecule has 0 radical (unpaired) electrons. The third-order valence-corrected chi connectivity index (χ3v) is 1.53. The fourth-order valence-electron chi connectivity index (χ4n) is 0.824. The first kappa shape index (κ1) is 11.6. The molecule has 0 saturated heterocycles. The van der Waals surface area contributed by atoms with Gasteiger partial charge < -0.3 is 4.74 Å². The summed E-state index contributed by atoms with van der Waals surface area (Å²) in [5.74, 6) is 0.326. The van der Waals surface area contributed by atoms with E-state index in [0.717, 1.165) is 6.42 Å². The zero-order valence-corrected chi connectivity index (χ0v) is 8.64. The van der Waals surface area contributed by atoms with Crippen LogP contribution in [0.3, 0.4) is 0 Å². The number of ether oxygens (including phenoxy) is 1. The van der Waals surface area contributed by atoms with Crippen LogP contribution in [-0.4, -0.2) is 18.0 Å². The lowest BCUT2D eigenvalue weighted by Crippen LogP contribution is -2.20. The monoisotopic (exact) mass is 172 g/mol. The summed E-state index contributed by atoms with van der Waals surface area (Å²) in [7, 11) is 0. The lowest BCUT2D eigenvalue weighted by molar-refractivity contribution is -0.119. The first-order valence-corrected chi connectivity index (χ1v) is 4.61. The van der Waals surface area contributed by atoms with Gasteiger partial charge in [0.25, 0.3) is 0 Å². The Balaban J connectivity index is 3.28. The lowest BCUT2D eigenvalue weighted by atomic mass is 10.1. The maximum Gasteiger partial charge on any atom is 0.132 e. The molecule has 0 bridgehead atoms. The van der Waals surface area contributed by atoms with E-state index in [9.17, 15) is 4.79 Å². The highest BCUT2D eigenvalue weighted by Crippen LogP contribution is 2.07. The molecule has 2 heteroatoms. The van der Waals surface area contributed by atoms with Crippen LogP contribution in [0.1, 0.15) is 47.0 Å². The molecule has 0 spiro atoms. The van der Waals surface area contributed by atoms with E-state index < -0.39 is 0 Å². The Morgan fingerprint density at radius 1 is 1.33 bits per heavy atom. The summed E-state index contributed by atoms with van der Waals surface area (Å²) in [5.41, 5.74) is -0.0741. The number of ketones is 1. The molecule has 0 rings (SSSR count). The molecule has 0 aromatic heterocycles. The van der Waals surface area contributed by atoms with Crippen molar-refractivity contribution in [1.29, 1.82) is 0 Å². The molecule has 0 aromatic carbocycles. The Morgan fingerprint density at radius 3 is 2.33 bits per heavy atom. The molecule has 12 heavy (non-hydrogen) atoms. The van der Waals surface area contributed by atoms with E-state index in [0.29, 0.717) is 25.2 Å². The van der Waals surface area contributed by atoms with E-state index in [1.54, 1.807) is 0 Å². The van der Waals surface area contributed by atoms with Crippen molar-refractivity contribution in [3.05, 3.63) is 0 Å². The normalized spacial score (nSPS) is 11.7. The summed E-state index contributed by atoms with van der Waals surface area (Å²) in [5, 5.41) is 0. The second-order valence-electron chi connectivity index (χ2n) is 3.96. The maximum absolute atomic E-state index is 10.9. The molecule has 0 saturated carbocycles. The summed E-state index contributed by atoms with van der Waals surface area (Å²) >= 11 is 0. The molecule has 0 aliphatic rings. The average Bonchev–Trinajstić information content (AvgIpc) is 1.96. The highest BCUT2D eigenvalue weighted by Gasteiger charge is 2.09. The number of carbonyl (C=O) groups excluding carboxylic acids is 1. The van der Waals surface area contributed by atoms with Crippen molar-refractivity contribution >= 4 is 5.78 Å². The quantitative estimate of drug-likeness (QED) is 0.596. The van der Waals surface area contributed by atoms with Gasteiger partial charge >= 0.3 is 0 Å². The van der Waals surface area contributed by atoms with E-state index in [2.05, 4.69) is 0 Å². The van der Waals surface area contributed by atoms with Gasteiger partial charge in [-0.3, -0.25) is 4.79 Å². The molecule has 0 unspecified atom stereocenters. The minimum atomic E-state index is -0.0741. The minimum Gasteiger partial charge on any atom is -0.376 e. The van der Waals surface area contributed by atoms with Crippen molar-refractivity contribution in [2.75, 3.05) is 6.61 Å². The van der Waals surface area contributed by atoms with Crippen LogP contribution in [0.2, 0.25) is 0 Å². The third-order valence-electron chi connectivity index (χ3n) is 1.53. The van der Waals surface area contributed by atoms with Gasteiger partial charge in [-0.15, -0.1) is 0 Å². The first-order valence-electron chi connectivity index (χ1n) is 4.61. The number of rotatable bonds is 5.